The number of pyridine rings is 1. The number of benzene rings is 1. The van der Waals surface area contributed by atoms with Crippen molar-refractivity contribution in [3.05, 3.63) is 54.6 Å². The molecule has 3 aromatic heterocycles. The summed E-state index contributed by atoms with van der Waals surface area (Å²) < 4.78 is 6.28. The first-order valence-corrected chi connectivity index (χ1v) is 8.73. The number of nitrogens with one attached hydrogen (secondary N) is 1. The third-order valence-corrected chi connectivity index (χ3v) is 4.67. The van der Waals surface area contributed by atoms with E-state index in [4.69, 9.17) is 10.5 Å². The second kappa shape index (κ2) is 6.93. The molecule has 4 rings (SSSR count). The molecule has 0 radical (unpaired) electrons. The van der Waals surface area contributed by atoms with Gasteiger partial charge in [-0.1, -0.05) is 17.4 Å². The van der Waals surface area contributed by atoms with Gasteiger partial charge in [0.1, 0.15) is 11.6 Å². The molecule has 4 aromatic rings. The summed E-state index contributed by atoms with van der Waals surface area (Å²) >= 11 is 1.48. The van der Waals surface area contributed by atoms with E-state index in [0.29, 0.717) is 23.2 Å². The second-order valence-electron chi connectivity index (χ2n) is 5.61. The molecule has 3 N–H and O–H groups in total. The summed E-state index contributed by atoms with van der Waals surface area (Å²) in [5.41, 5.74) is 9.38. The van der Waals surface area contributed by atoms with Gasteiger partial charge in [-0.2, -0.15) is 0 Å². The highest BCUT2D eigenvalue weighted by atomic mass is 32.1. The minimum atomic E-state index is 0.579. The minimum Gasteiger partial charge on any atom is -0.495 e. The average molecular weight is 364 g/mol. The lowest BCUT2D eigenvalue weighted by atomic mass is 10.2. The first-order chi connectivity index (χ1) is 12.7. The molecule has 8 heteroatoms. The van der Waals surface area contributed by atoms with E-state index >= 15 is 0 Å². The number of methoxy groups -OCH3 is 1. The van der Waals surface area contributed by atoms with Crippen molar-refractivity contribution in [2.45, 2.75) is 6.54 Å². The van der Waals surface area contributed by atoms with Crippen LogP contribution in [0.1, 0.15) is 5.56 Å². The van der Waals surface area contributed by atoms with Crippen LogP contribution in [0.25, 0.3) is 21.5 Å². The molecule has 0 amide bonds. The van der Waals surface area contributed by atoms with E-state index in [1.807, 2.05) is 18.2 Å². The Bertz CT molecular complexity index is 1060. The second-order valence-corrected chi connectivity index (χ2v) is 6.67. The van der Waals surface area contributed by atoms with Crippen LogP contribution < -0.4 is 15.8 Å². The number of rotatable bonds is 5. The fourth-order valence-corrected chi connectivity index (χ4v) is 3.35. The maximum Gasteiger partial charge on any atom is 0.181 e. The Balaban J connectivity index is 1.52. The van der Waals surface area contributed by atoms with Gasteiger partial charge in [-0.05, 0) is 23.8 Å². The van der Waals surface area contributed by atoms with E-state index in [0.717, 1.165) is 27.0 Å². The molecule has 0 bridgehead atoms. The normalized spacial score (nSPS) is 10.8. The third-order valence-electron chi connectivity index (χ3n) is 3.82. The van der Waals surface area contributed by atoms with Crippen molar-refractivity contribution in [3.8, 4) is 17.0 Å². The monoisotopic (exact) mass is 364 g/mol. The van der Waals surface area contributed by atoms with E-state index in [2.05, 4.69) is 31.3 Å². The van der Waals surface area contributed by atoms with Crippen molar-refractivity contribution in [2.75, 3.05) is 18.2 Å². The zero-order valence-corrected chi connectivity index (χ0v) is 14.8. The average Bonchev–Trinajstić information content (AvgIpc) is 3.06. The molecule has 3 heterocycles. The van der Waals surface area contributed by atoms with Gasteiger partial charge in [0.25, 0.3) is 0 Å². The zero-order chi connectivity index (χ0) is 17.9. The van der Waals surface area contributed by atoms with Crippen LogP contribution in [0, 0.1) is 0 Å². The van der Waals surface area contributed by atoms with Crippen molar-refractivity contribution in [1.82, 2.24) is 19.9 Å². The number of hydrogen-bond acceptors (Lipinski definition) is 8. The molecule has 0 aliphatic carbocycles. The maximum atomic E-state index is 5.76. The molecule has 0 aliphatic heterocycles. The van der Waals surface area contributed by atoms with Crippen LogP contribution in [0.3, 0.4) is 0 Å². The number of ether oxygens (including phenoxy) is 1. The highest BCUT2D eigenvalue weighted by molar-refractivity contribution is 7.22. The van der Waals surface area contributed by atoms with Gasteiger partial charge in [0.05, 0.1) is 41.6 Å². The number of nitrogens with zero attached hydrogens (tertiary/aromatic N) is 4. The van der Waals surface area contributed by atoms with Crippen LogP contribution in [-0.4, -0.2) is 27.0 Å². The molecule has 0 unspecified atom stereocenters. The Morgan fingerprint density at radius 3 is 2.85 bits per heavy atom. The summed E-state index contributed by atoms with van der Waals surface area (Å²) in [6.45, 7) is 0.627. The molecule has 0 saturated carbocycles. The standard InChI is InChI=1S/C18H16N6OS/c1-25-13-5-12(7-20-8-13)15-9-21-10-17(23-15)22-6-11-2-3-14-16(4-11)26-18(19)24-14/h2-5,7-10H,6H2,1H3,(H2,19,24)(H,22,23). The predicted octanol–water partition coefficient (Wildman–Crippen LogP) is 3.35. The number of nitrogens with two attached hydrogens (primary N) is 1. The molecular weight excluding hydrogens is 348 g/mol. The largest absolute Gasteiger partial charge is 0.495 e. The Labute approximate surface area is 153 Å². The number of hydrogen-bond donors (Lipinski definition) is 2. The van der Waals surface area contributed by atoms with Gasteiger partial charge in [0.2, 0.25) is 0 Å². The highest BCUT2D eigenvalue weighted by Crippen LogP contribution is 2.25. The van der Waals surface area contributed by atoms with Crippen LogP contribution in [0.15, 0.2) is 49.1 Å². The maximum absolute atomic E-state index is 5.76. The van der Waals surface area contributed by atoms with Crippen molar-refractivity contribution in [2.24, 2.45) is 0 Å². The Morgan fingerprint density at radius 1 is 1.08 bits per heavy atom. The van der Waals surface area contributed by atoms with Crippen LogP contribution in [0.2, 0.25) is 0 Å². The lowest BCUT2D eigenvalue weighted by Gasteiger charge is -2.08. The lowest BCUT2D eigenvalue weighted by Crippen LogP contribution is -2.02. The van der Waals surface area contributed by atoms with E-state index in [1.54, 1.807) is 31.9 Å². The minimum absolute atomic E-state index is 0.579. The molecule has 130 valence electrons. The number of thiazole rings is 1. The number of anilines is 2. The van der Waals surface area contributed by atoms with Crippen molar-refractivity contribution >= 4 is 32.5 Å². The SMILES string of the molecule is COc1cncc(-c2cncc(NCc3ccc4nc(N)sc4c3)n2)c1. The summed E-state index contributed by atoms with van der Waals surface area (Å²) in [4.78, 5) is 17.3. The highest BCUT2D eigenvalue weighted by Gasteiger charge is 2.06. The van der Waals surface area contributed by atoms with Crippen molar-refractivity contribution in [3.63, 3.8) is 0 Å². The van der Waals surface area contributed by atoms with Gasteiger partial charge in [0.15, 0.2) is 5.13 Å². The molecule has 0 fully saturated rings. The molecular formula is C18H16N6OS. The summed E-state index contributed by atoms with van der Waals surface area (Å²) in [6.07, 6.45) is 6.79. The van der Waals surface area contributed by atoms with Crippen LogP contribution in [-0.2, 0) is 6.54 Å². The molecule has 0 saturated heterocycles. The van der Waals surface area contributed by atoms with Crippen LogP contribution in [0.4, 0.5) is 10.9 Å². The molecule has 7 nitrogen and oxygen atoms in total. The Kier molecular flexibility index (Phi) is 4.32. The van der Waals surface area contributed by atoms with Crippen molar-refractivity contribution in [1.29, 1.82) is 0 Å². The first kappa shape index (κ1) is 16.2. The van der Waals surface area contributed by atoms with Gasteiger partial charge in [-0.25, -0.2) is 9.97 Å². The van der Waals surface area contributed by atoms with Gasteiger partial charge in [-0.3, -0.25) is 9.97 Å². The fourth-order valence-electron chi connectivity index (χ4n) is 2.55. The number of nitrogen functional groups attached to an aromatic ring is 1. The van der Waals surface area contributed by atoms with Gasteiger partial charge >= 0.3 is 0 Å². The summed E-state index contributed by atoms with van der Waals surface area (Å²) in [5, 5.41) is 3.88. The quantitative estimate of drug-likeness (QED) is 0.560. The lowest BCUT2D eigenvalue weighted by molar-refractivity contribution is 0.413. The number of fused-ring (bicyclic) bond motifs is 1. The van der Waals surface area contributed by atoms with Crippen LogP contribution in [0.5, 0.6) is 5.75 Å². The van der Waals surface area contributed by atoms with E-state index in [9.17, 15) is 0 Å². The molecule has 0 aliphatic rings. The molecule has 1 aromatic carbocycles. The van der Waals surface area contributed by atoms with E-state index in [-0.39, 0.29) is 0 Å². The Hall–Kier alpha value is -3.26. The van der Waals surface area contributed by atoms with Crippen molar-refractivity contribution < 1.29 is 4.74 Å². The van der Waals surface area contributed by atoms with Crippen LogP contribution >= 0.6 is 11.3 Å². The smallest absolute Gasteiger partial charge is 0.181 e. The first-order valence-electron chi connectivity index (χ1n) is 7.91. The molecule has 0 atom stereocenters. The zero-order valence-electron chi connectivity index (χ0n) is 14.0. The van der Waals surface area contributed by atoms with Gasteiger partial charge in [-0.15, -0.1) is 0 Å². The summed E-state index contributed by atoms with van der Waals surface area (Å²) in [6, 6.07) is 7.96. The third kappa shape index (κ3) is 3.40. The summed E-state index contributed by atoms with van der Waals surface area (Å²) in [7, 11) is 1.61. The molecule has 0 spiro atoms. The van der Waals surface area contributed by atoms with Gasteiger partial charge < -0.3 is 15.8 Å². The Morgan fingerprint density at radius 2 is 1.96 bits per heavy atom. The van der Waals surface area contributed by atoms with Gasteiger partial charge in [0, 0.05) is 18.3 Å². The number of aromatic nitrogens is 4. The predicted molar refractivity (Wildman–Crippen MR) is 103 cm³/mol. The summed E-state index contributed by atoms with van der Waals surface area (Å²) in [5.74, 6) is 1.37. The fraction of sp³-hybridized carbons (Fsp3) is 0.111. The topological polar surface area (TPSA) is 98.8 Å². The molecule has 26 heavy (non-hydrogen) atoms. The van der Waals surface area contributed by atoms with E-state index < -0.39 is 0 Å². The van der Waals surface area contributed by atoms with E-state index in [1.165, 1.54) is 11.3 Å².